The molecule has 4 aromatic rings. The fraction of sp³-hybridized carbons (Fsp3) is 0.259. The highest BCUT2D eigenvalue weighted by Crippen LogP contribution is 2.31. The predicted molar refractivity (Wildman–Crippen MR) is 144 cm³/mol. The maximum Gasteiger partial charge on any atom is 0.253 e. The van der Waals surface area contributed by atoms with E-state index in [2.05, 4.69) is 9.88 Å². The van der Waals surface area contributed by atoms with Crippen molar-refractivity contribution in [3.05, 3.63) is 89.7 Å². The fourth-order valence-corrected chi connectivity index (χ4v) is 6.86. The van der Waals surface area contributed by atoms with E-state index in [1.807, 2.05) is 43.3 Å². The van der Waals surface area contributed by atoms with Crippen molar-refractivity contribution < 1.29 is 17.6 Å². The highest BCUT2D eigenvalue weighted by molar-refractivity contribution is 7.89. The molecule has 3 aromatic carbocycles. The number of amides is 1. The average Bonchev–Trinajstić information content (AvgIpc) is 3.38. The number of carbonyl (C=O) groups excluding carboxylic acids is 1. The largest absolute Gasteiger partial charge is 0.345 e. The van der Waals surface area contributed by atoms with Gasteiger partial charge in [-0.1, -0.05) is 54.7 Å². The Balaban J connectivity index is 1.24. The molecule has 0 bridgehead atoms. The lowest BCUT2D eigenvalue weighted by Gasteiger charge is -2.34. The summed E-state index contributed by atoms with van der Waals surface area (Å²) in [6.07, 6.45) is 0. The van der Waals surface area contributed by atoms with E-state index in [1.165, 1.54) is 33.8 Å². The van der Waals surface area contributed by atoms with Gasteiger partial charge in [0.05, 0.1) is 9.60 Å². The Morgan fingerprint density at radius 2 is 1.68 bits per heavy atom. The number of fused-ring (bicyclic) bond motifs is 1. The molecule has 0 atom stereocenters. The number of rotatable bonds is 7. The van der Waals surface area contributed by atoms with Crippen molar-refractivity contribution in [3.63, 3.8) is 0 Å². The monoisotopic (exact) mass is 538 g/mol. The predicted octanol–water partition coefficient (Wildman–Crippen LogP) is 4.61. The highest BCUT2D eigenvalue weighted by Gasteiger charge is 2.26. The van der Waals surface area contributed by atoms with Crippen molar-refractivity contribution in [3.8, 4) is 0 Å². The van der Waals surface area contributed by atoms with Gasteiger partial charge in [-0.15, -0.1) is 0 Å². The molecule has 1 saturated heterocycles. The number of aromatic nitrogens is 1. The molecule has 2 heterocycles. The summed E-state index contributed by atoms with van der Waals surface area (Å²) in [7, 11) is -3.70. The smallest absolute Gasteiger partial charge is 0.253 e. The molecule has 1 aromatic heterocycles. The number of hydrogen-bond donors (Lipinski definition) is 0. The first-order valence-corrected chi connectivity index (χ1v) is 14.4. The van der Waals surface area contributed by atoms with E-state index in [4.69, 9.17) is 0 Å². The zero-order valence-corrected chi connectivity index (χ0v) is 22.0. The molecule has 0 unspecified atom stereocenters. The van der Waals surface area contributed by atoms with Gasteiger partial charge in [0, 0.05) is 44.8 Å². The molecule has 0 radical (unpaired) electrons. The van der Waals surface area contributed by atoms with Crippen LogP contribution < -0.4 is 4.90 Å². The number of hydrogen-bond acceptors (Lipinski definition) is 6. The summed E-state index contributed by atoms with van der Waals surface area (Å²) in [6, 6.07) is 20.6. The van der Waals surface area contributed by atoms with Crippen LogP contribution >= 0.6 is 11.3 Å². The molecule has 0 saturated carbocycles. The van der Waals surface area contributed by atoms with Crippen molar-refractivity contribution in [1.82, 2.24) is 14.2 Å². The molecular formula is C27H27FN4O3S2. The van der Waals surface area contributed by atoms with Crippen LogP contribution in [-0.4, -0.2) is 61.2 Å². The molecule has 0 N–H and O–H groups in total. The lowest BCUT2D eigenvalue weighted by atomic mass is 10.2. The fourth-order valence-electron chi connectivity index (χ4n) is 4.39. The molecule has 1 aliphatic rings. The number of halogens is 1. The Morgan fingerprint density at radius 3 is 2.32 bits per heavy atom. The van der Waals surface area contributed by atoms with Crippen LogP contribution in [0.15, 0.2) is 77.7 Å². The lowest BCUT2D eigenvalue weighted by molar-refractivity contribution is 0.0746. The number of para-hydroxylation sites is 1. The third-order valence-electron chi connectivity index (χ3n) is 6.49. The van der Waals surface area contributed by atoms with E-state index in [9.17, 15) is 17.6 Å². The highest BCUT2D eigenvalue weighted by atomic mass is 32.2. The van der Waals surface area contributed by atoms with Gasteiger partial charge in [0.15, 0.2) is 5.13 Å². The third kappa shape index (κ3) is 5.22. The Bertz CT molecular complexity index is 1500. The molecule has 10 heteroatoms. The minimum absolute atomic E-state index is 0.143. The minimum atomic E-state index is -3.70. The van der Waals surface area contributed by atoms with Crippen molar-refractivity contribution in [2.24, 2.45) is 0 Å². The Labute approximate surface area is 219 Å². The Morgan fingerprint density at radius 1 is 0.973 bits per heavy atom. The number of sulfonamides is 1. The molecule has 1 aliphatic heterocycles. The van der Waals surface area contributed by atoms with Crippen LogP contribution in [0, 0.1) is 5.82 Å². The first-order valence-electron chi connectivity index (χ1n) is 12.1. The summed E-state index contributed by atoms with van der Waals surface area (Å²) >= 11 is 1.44. The van der Waals surface area contributed by atoms with E-state index >= 15 is 0 Å². The topological polar surface area (TPSA) is 73.8 Å². The number of carbonyl (C=O) groups is 1. The summed E-state index contributed by atoms with van der Waals surface area (Å²) < 4.78 is 42.6. The molecule has 192 valence electrons. The van der Waals surface area contributed by atoms with Crippen molar-refractivity contribution in [1.29, 1.82) is 0 Å². The third-order valence-corrected chi connectivity index (χ3v) is 9.51. The van der Waals surface area contributed by atoms with Crippen LogP contribution in [0.3, 0.4) is 0 Å². The molecule has 1 fully saturated rings. The second kappa shape index (κ2) is 10.6. The van der Waals surface area contributed by atoms with Gasteiger partial charge in [-0.05, 0) is 42.0 Å². The van der Waals surface area contributed by atoms with Gasteiger partial charge in [0.2, 0.25) is 10.0 Å². The normalized spacial score (nSPS) is 14.5. The van der Waals surface area contributed by atoms with Gasteiger partial charge in [-0.25, -0.2) is 17.8 Å². The second-order valence-corrected chi connectivity index (χ2v) is 11.8. The molecule has 7 nitrogen and oxygen atoms in total. The molecule has 0 spiro atoms. The number of anilines is 1. The first kappa shape index (κ1) is 25.3. The molecule has 37 heavy (non-hydrogen) atoms. The zero-order chi connectivity index (χ0) is 26.0. The number of piperazine rings is 1. The van der Waals surface area contributed by atoms with Crippen molar-refractivity contribution in [2.45, 2.75) is 18.4 Å². The number of benzene rings is 3. The summed E-state index contributed by atoms with van der Waals surface area (Å²) in [5.74, 6) is -0.475. The van der Waals surface area contributed by atoms with E-state index < -0.39 is 10.0 Å². The summed E-state index contributed by atoms with van der Waals surface area (Å²) in [5.41, 5.74) is 1.73. The Kier molecular flexibility index (Phi) is 7.23. The first-order chi connectivity index (χ1) is 17.9. The van der Waals surface area contributed by atoms with Crippen molar-refractivity contribution in [2.75, 3.05) is 37.6 Å². The number of nitrogens with zero attached hydrogens (tertiary/aromatic N) is 4. The van der Waals surface area contributed by atoms with Gasteiger partial charge in [0.25, 0.3) is 5.91 Å². The maximum absolute atomic E-state index is 14.0. The SMILES string of the molecule is CCN(Cc1ccccc1)S(=O)(=O)c1ccc(C(=O)N2CCN(c3nc4c(F)cccc4s3)CC2)cc1. The van der Waals surface area contributed by atoms with Gasteiger partial charge in [-0.3, -0.25) is 4.79 Å². The van der Waals surface area contributed by atoms with E-state index in [-0.39, 0.29) is 23.2 Å². The van der Waals surface area contributed by atoms with E-state index in [0.717, 1.165) is 15.4 Å². The molecular weight excluding hydrogens is 511 g/mol. The molecule has 0 aliphatic carbocycles. The van der Waals surface area contributed by atoms with Crippen LogP contribution in [0.2, 0.25) is 0 Å². The van der Waals surface area contributed by atoms with Crippen LogP contribution in [-0.2, 0) is 16.6 Å². The van der Waals surface area contributed by atoms with Gasteiger partial charge in [-0.2, -0.15) is 4.31 Å². The lowest BCUT2D eigenvalue weighted by Crippen LogP contribution is -2.48. The average molecular weight is 539 g/mol. The molecule has 5 rings (SSSR count). The summed E-state index contributed by atoms with van der Waals surface area (Å²) in [4.78, 5) is 21.5. The quantitative estimate of drug-likeness (QED) is 0.344. The van der Waals surface area contributed by atoms with E-state index in [1.54, 1.807) is 23.1 Å². The zero-order valence-electron chi connectivity index (χ0n) is 20.4. The van der Waals surface area contributed by atoms with Crippen LogP contribution in [0.1, 0.15) is 22.8 Å². The van der Waals surface area contributed by atoms with Crippen LogP contribution in [0.4, 0.5) is 9.52 Å². The van der Waals surface area contributed by atoms with Gasteiger partial charge >= 0.3 is 0 Å². The van der Waals surface area contributed by atoms with Gasteiger partial charge < -0.3 is 9.80 Å². The second-order valence-electron chi connectivity index (χ2n) is 8.80. The standard InChI is InChI=1S/C27H27FN4O3S2/c1-2-32(19-20-7-4-3-5-8-20)37(34,35)22-13-11-21(12-14-22)26(33)30-15-17-31(18-16-30)27-29-25-23(28)9-6-10-24(25)36-27/h3-14H,2,15-19H2,1H3. The Hall–Kier alpha value is -3.34. The maximum atomic E-state index is 14.0. The van der Waals surface area contributed by atoms with E-state index in [0.29, 0.717) is 43.8 Å². The minimum Gasteiger partial charge on any atom is -0.345 e. The van der Waals surface area contributed by atoms with Crippen molar-refractivity contribution >= 4 is 42.6 Å². The summed E-state index contributed by atoms with van der Waals surface area (Å²) in [5, 5.41) is 0.748. The van der Waals surface area contributed by atoms with Crippen LogP contribution in [0.25, 0.3) is 10.2 Å². The molecule has 1 amide bonds. The summed E-state index contributed by atoms with van der Waals surface area (Å²) in [6.45, 7) is 4.60. The van der Waals surface area contributed by atoms with Crippen LogP contribution in [0.5, 0.6) is 0 Å². The number of thiazole rings is 1. The van der Waals surface area contributed by atoms with Gasteiger partial charge in [0.1, 0.15) is 11.3 Å².